The summed E-state index contributed by atoms with van der Waals surface area (Å²) in [6, 6.07) is 4.26. The van der Waals surface area contributed by atoms with Crippen LogP contribution in [0.5, 0.6) is 0 Å². The highest BCUT2D eigenvalue weighted by Gasteiger charge is 2.12. The number of rotatable bonds is 4. The minimum absolute atomic E-state index is 0.196. The molecule has 5 nitrogen and oxygen atoms in total. The normalized spacial score (nSPS) is 12.1. The number of nitriles is 1. The molecule has 6 heteroatoms. The summed E-state index contributed by atoms with van der Waals surface area (Å²) in [5, 5.41) is 17.3. The maximum atomic E-state index is 9.02. The van der Waals surface area contributed by atoms with Crippen LogP contribution in [0.15, 0.2) is 18.5 Å². The smallest absolute Gasteiger partial charge is 0.127 e. The van der Waals surface area contributed by atoms with Gasteiger partial charge in [0.25, 0.3) is 0 Å². The van der Waals surface area contributed by atoms with E-state index in [9.17, 15) is 0 Å². The lowest BCUT2D eigenvalue weighted by atomic mass is 10.2. The summed E-state index contributed by atoms with van der Waals surface area (Å²) in [6.45, 7) is 4.66. The number of aromatic nitrogens is 3. The molecular formula is C11H13N5S. The fourth-order valence-electron chi connectivity index (χ4n) is 1.56. The second-order valence-electron chi connectivity index (χ2n) is 3.86. The Balaban J connectivity index is 2.03. The third-order valence-electron chi connectivity index (χ3n) is 2.37. The molecule has 0 aliphatic rings. The molecule has 0 spiro atoms. The van der Waals surface area contributed by atoms with Gasteiger partial charge in [-0.05, 0) is 31.4 Å². The Morgan fingerprint density at radius 3 is 3.12 bits per heavy atom. The monoisotopic (exact) mass is 247 g/mol. The summed E-state index contributed by atoms with van der Waals surface area (Å²) in [5.74, 6) is 0. The molecule has 1 unspecified atom stereocenters. The minimum atomic E-state index is 0.196. The van der Waals surface area contributed by atoms with Gasteiger partial charge in [-0.25, -0.2) is 0 Å². The molecule has 2 heterocycles. The molecule has 0 fully saturated rings. The van der Waals surface area contributed by atoms with Crippen molar-refractivity contribution in [3.8, 4) is 6.07 Å². The summed E-state index contributed by atoms with van der Waals surface area (Å²) in [7, 11) is 0. The Morgan fingerprint density at radius 2 is 2.47 bits per heavy atom. The van der Waals surface area contributed by atoms with E-state index in [0.717, 1.165) is 17.2 Å². The van der Waals surface area contributed by atoms with Gasteiger partial charge in [-0.3, -0.25) is 4.68 Å². The quantitative estimate of drug-likeness (QED) is 0.897. The van der Waals surface area contributed by atoms with Crippen molar-refractivity contribution in [3.05, 3.63) is 29.7 Å². The van der Waals surface area contributed by atoms with E-state index < -0.39 is 0 Å². The van der Waals surface area contributed by atoms with Crippen LogP contribution >= 0.6 is 11.5 Å². The topological polar surface area (TPSA) is 66.5 Å². The van der Waals surface area contributed by atoms with Crippen molar-refractivity contribution < 1.29 is 0 Å². The van der Waals surface area contributed by atoms with Gasteiger partial charge in [0.1, 0.15) is 16.6 Å². The number of nitrogens with zero attached hydrogens (tertiary/aromatic N) is 4. The number of aryl methyl sites for hydroxylation is 1. The van der Waals surface area contributed by atoms with Crippen LogP contribution in [0.3, 0.4) is 0 Å². The molecule has 0 aliphatic carbocycles. The van der Waals surface area contributed by atoms with E-state index in [2.05, 4.69) is 27.8 Å². The molecule has 0 radical (unpaired) electrons. The molecule has 2 aromatic heterocycles. The molecule has 2 aromatic rings. The average Bonchev–Trinajstić information content (AvgIpc) is 2.89. The zero-order chi connectivity index (χ0) is 12.3. The second kappa shape index (κ2) is 4.97. The van der Waals surface area contributed by atoms with Crippen LogP contribution in [0.1, 0.15) is 18.2 Å². The fraction of sp³-hybridized carbons (Fsp3) is 0.364. The Morgan fingerprint density at radius 1 is 1.65 bits per heavy atom. The van der Waals surface area contributed by atoms with Gasteiger partial charge in [0.05, 0.1) is 12.2 Å². The van der Waals surface area contributed by atoms with Crippen LogP contribution in [0.4, 0.5) is 5.00 Å². The Labute approximate surface area is 104 Å². The molecule has 17 heavy (non-hydrogen) atoms. The van der Waals surface area contributed by atoms with Crippen LogP contribution in [-0.2, 0) is 6.54 Å². The van der Waals surface area contributed by atoms with E-state index in [1.807, 2.05) is 23.9 Å². The molecule has 88 valence electrons. The maximum Gasteiger partial charge on any atom is 0.127 e. The SMILES string of the molecule is Cc1nsc(NC(C)Cn2cccn2)c1C#N. The third-order valence-corrected chi connectivity index (χ3v) is 3.24. The third kappa shape index (κ3) is 2.63. The van der Waals surface area contributed by atoms with Gasteiger partial charge in [-0.15, -0.1) is 0 Å². The number of nitrogens with one attached hydrogen (secondary N) is 1. The molecule has 0 saturated heterocycles. The van der Waals surface area contributed by atoms with Crippen LogP contribution in [0, 0.1) is 18.3 Å². The highest BCUT2D eigenvalue weighted by molar-refractivity contribution is 7.10. The first-order valence-corrected chi connectivity index (χ1v) is 6.08. The van der Waals surface area contributed by atoms with Crippen molar-refractivity contribution in [2.45, 2.75) is 26.4 Å². The molecule has 1 atom stereocenters. The van der Waals surface area contributed by atoms with E-state index in [-0.39, 0.29) is 6.04 Å². The van der Waals surface area contributed by atoms with E-state index in [4.69, 9.17) is 5.26 Å². The van der Waals surface area contributed by atoms with Crippen molar-refractivity contribution in [3.63, 3.8) is 0 Å². The first-order chi connectivity index (χ1) is 8.20. The predicted molar refractivity (Wildman–Crippen MR) is 66.9 cm³/mol. The summed E-state index contributed by atoms with van der Waals surface area (Å²) in [6.07, 6.45) is 3.67. The molecule has 0 aromatic carbocycles. The van der Waals surface area contributed by atoms with E-state index in [0.29, 0.717) is 5.56 Å². The lowest BCUT2D eigenvalue weighted by molar-refractivity contribution is 0.561. The van der Waals surface area contributed by atoms with Gasteiger partial charge in [0.2, 0.25) is 0 Å². The van der Waals surface area contributed by atoms with Crippen LogP contribution in [0.2, 0.25) is 0 Å². The first kappa shape index (κ1) is 11.6. The zero-order valence-corrected chi connectivity index (χ0v) is 10.5. The van der Waals surface area contributed by atoms with Crippen molar-refractivity contribution in [1.82, 2.24) is 14.2 Å². The highest BCUT2D eigenvalue weighted by Crippen LogP contribution is 2.24. The lowest BCUT2D eigenvalue weighted by Gasteiger charge is -2.13. The van der Waals surface area contributed by atoms with Gasteiger partial charge in [0, 0.05) is 18.4 Å². The standard InChI is InChI=1S/C11H13N5S/c1-8(7-16-5-3-4-13-16)14-11-10(6-12)9(2)15-17-11/h3-5,8,14H,7H2,1-2H3. The maximum absolute atomic E-state index is 9.02. The summed E-state index contributed by atoms with van der Waals surface area (Å²) in [4.78, 5) is 0. The van der Waals surface area contributed by atoms with Crippen molar-refractivity contribution in [2.24, 2.45) is 0 Å². The lowest BCUT2D eigenvalue weighted by Crippen LogP contribution is -2.22. The average molecular weight is 247 g/mol. The van der Waals surface area contributed by atoms with Gasteiger partial charge < -0.3 is 5.32 Å². The molecule has 0 saturated carbocycles. The highest BCUT2D eigenvalue weighted by atomic mass is 32.1. The van der Waals surface area contributed by atoms with Gasteiger partial charge in [-0.1, -0.05) is 0 Å². The van der Waals surface area contributed by atoms with Crippen LogP contribution in [0.25, 0.3) is 0 Å². The second-order valence-corrected chi connectivity index (χ2v) is 4.63. The Bertz CT molecular complexity index is 523. The molecular weight excluding hydrogens is 234 g/mol. The van der Waals surface area contributed by atoms with Gasteiger partial charge in [0.15, 0.2) is 0 Å². The predicted octanol–water partition coefficient (Wildman–Crippen LogP) is 2.02. The molecule has 0 aliphatic heterocycles. The number of hydrogen-bond donors (Lipinski definition) is 1. The molecule has 0 amide bonds. The summed E-state index contributed by atoms with van der Waals surface area (Å²) >= 11 is 1.33. The van der Waals surface area contributed by atoms with Crippen molar-refractivity contribution in [1.29, 1.82) is 5.26 Å². The van der Waals surface area contributed by atoms with E-state index in [1.165, 1.54) is 11.5 Å². The summed E-state index contributed by atoms with van der Waals surface area (Å²) < 4.78 is 6.03. The van der Waals surface area contributed by atoms with Gasteiger partial charge >= 0.3 is 0 Å². The van der Waals surface area contributed by atoms with Crippen LogP contribution in [-0.4, -0.2) is 20.2 Å². The Kier molecular flexibility index (Phi) is 3.40. The van der Waals surface area contributed by atoms with E-state index in [1.54, 1.807) is 6.20 Å². The Hall–Kier alpha value is -1.87. The van der Waals surface area contributed by atoms with Gasteiger partial charge in [-0.2, -0.15) is 14.7 Å². The van der Waals surface area contributed by atoms with Crippen molar-refractivity contribution in [2.75, 3.05) is 5.32 Å². The summed E-state index contributed by atoms with van der Waals surface area (Å²) in [5.41, 5.74) is 1.42. The zero-order valence-electron chi connectivity index (χ0n) is 9.71. The minimum Gasteiger partial charge on any atom is -0.370 e. The molecule has 0 bridgehead atoms. The first-order valence-electron chi connectivity index (χ1n) is 5.31. The fourth-order valence-corrected chi connectivity index (χ4v) is 2.42. The van der Waals surface area contributed by atoms with Crippen LogP contribution < -0.4 is 5.32 Å². The molecule has 2 rings (SSSR count). The largest absolute Gasteiger partial charge is 0.370 e. The molecule has 1 N–H and O–H groups in total. The van der Waals surface area contributed by atoms with E-state index >= 15 is 0 Å². The number of hydrogen-bond acceptors (Lipinski definition) is 5. The number of anilines is 1. The van der Waals surface area contributed by atoms with Crippen molar-refractivity contribution >= 4 is 16.5 Å².